The molecule has 72 valence electrons. The van der Waals surface area contributed by atoms with Gasteiger partial charge >= 0.3 is 0 Å². The van der Waals surface area contributed by atoms with E-state index in [9.17, 15) is 0 Å². The van der Waals surface area contributed by atoms with Crippen LogP contribution in [0, 0.1) is 5.92 Å². The molecule has 0 aromatic rings. The lowest BCUT2D eigenvalue weighted by Gasteiger charge is -2.30. The third-order valence-corrected chi connectivity index (χ3v) is 2.13. The summed E-state index contributed by atoms with van der Waals surface area (Å²) >= 11 is 0. The summed E-state index contributed by atoms with van der Waals surface area (Å²) in [6.45, 7) is 6.07. The zero-order valence-electron chi connectivity index (χ0n) is 7.92. The fourth-order valence-electron chi connectivity index (χ4n) is 1.51. The van der Waals surface area contributed by atoms with Gasteiger partial charge in [-0.3, -0.25) is 0 Å². The van der Waals surface area contributed by atoms with Gasteiger partial charge in [-0.05, 0) is 12.3 Å². The van der Waals surface area contributed by atoms with Crippen LogP contribution in [0.1, 0.15) is 20.3 Å². The minimum absolute atomic E-state index is 0.00779. The maximum Gasteiger partial charge on any atom is 0.0930 e. The molecule has 2 N–H and O–H groups in total. The highest BCUT2D eigenvalue weighted by molar-refractivity contribution is 4.76. The van der Waals surface area contributed by atoms with E-state index in [1.54, 1.807) is 0 Å². The zero-order chi connectivity index (χ0) is 8.97. The van der Waals surface area contributed by atoms with E-state index in [1.807, 2.05) is 0 Å². The first kappa shape index (κ1) is 9.96. The number of nitrogens with one attached hydrogen (secondary N) is 1. The molecule has 3 nitrogen and oxygen atoms in total. The molecule has 0 spiro atoms. The zero-order valence-corrected chi connectivity index (χ0v) is 7.92. The number of ether oxygens (including phenoxy) is 1. The molecule has 12 heavy (non-hydrogen) atoms. The maximum absolute atomic E-state index is 8.79. The first-order chi connectivity index (χ1) is 5.72. The van der Waals surface area contributed by atoms with Crippen LogP contribution in [0.2, 0.25) is 0 Å². The summed E-state index contributed by atoms with van der Waals surface area (Å²) in [4.78, 5) is 0. The summed E-state index contributed by atoms with van der Waals surface area (Å²) in [5.41, 5.74) is 0. The van der Waals surface area contributed by atoms with Gasteiger partial charge in [-0.2, -0.15) is 0 Å². The van der Waals surface area contributed by atoms with Crippen LogP contribution < -0.4 is 5.32 Å². The van der Waals surface area contributed by atoms with Gasteiger partial charge in [0.2, 0.25) is 0 Å². The Bertz CT molecular complexity index is 120. The predicted octanol–water partition coefficient (Wildman–Crippen LogP) is 0.382. The molecule has 0 amide bonds. The Kier molecular flexibility index (Phi) is 3.98. The van der Waals surface area contributed by atoms with E-state index in [0.717, 1.165) is 19.6 Å². The van der Waals surface area contributed by atoms with Crippen molar-refractivity contribution in [2.45, 2.75) is 32.4 Å². The van der Waals surface area contributed by atoms with Crippen molar-refractivity contribution in [1.29, 1.82) is 0 Å². The maximum atomic E-state index is 8.79. The average Bonchev–Trinajstić information content (AvgIpc) is 2.05. The van der Waals surface area contributed by atoms with Crippen LogP contribution in [0.5, 0.6) is 0 Å². The molecule has 0 aromatic carbocycles. The van der Waals surface area contributed by atoms with Crippen molar-refractivity contribution in [1.82, 2.24) is 5.32 Å². The van der Waals surface area contributed by atoms with E-state index < -0.39 is 0 Å². The summed E-state index contributed by atoms with van der Waals surface area (Å²) in [5.74, 6) is 0.705. The Hall–Kier alpha value is -0.120. The first-order valence-corrected chi connectivity index (χ1v) is 4.68. The molecule has 1 fully saturated rings. The first-order valence-electron chi connectivity index (χ1n) is 4.68. The molecule has 0 bridgehead atoms. The quantitative estimate of drug-likeness (QED) is 0.648. The van der Waals surface area contributed by atoms with Crippen LogP contribution in [-0.4, -0.2) is 37.0 Å². The third kappa shape index (κ3) is 3.09. The average molecular weight is 173 g/mol. The topological polar surface area (TPSA) is 41.5 Å². The Morgan fingerprint density at radius 3 is 2.75 bits per heavy atom. The molecule has 1 aliphatic rings. The Labute approximate surface area is 74.1 Å². The van der Waals surface area contributed by atoms with Gasteiger partial charge in [0.05, 0.1) is 19.3 Å². The van der Waals surface area contributed by atoms with Crippen molar-refractivity contribution in [2.24, 2.45) is 5.92 Å². The van der Waals surface area contributed by atoms with E-state index in [2.05, 4.69) is 19.2 Å². The number of hydrogen-bond donors (Lipinski definition) is 2. The molecular formula is C9H19NO2. The van der Waals surface area contributed by atoms with Crippen LogP contribution >= 0.6 is 0 Å². The highest BCUT2D eigenvalue weighted by Crippen LogP contribution is 2.09. The molecule has 0 saturated carbocycles. The molecule has 2 unspecified atom stereocenters. The highest BCUT2D eigenvalue weighted by Gasteiger charge is 2.20. The van der Waals surface area contributed by atoms with Gasteiger partial charge in [-0.25, -0.2) is 0 Å². The minimum Gasteiger partial charge on any atom is -0.394 e. The van der Waals surface area contributed by atoms with Gasteiger partial charge in [0.15, 0.2) is 0 Å². The lowest BCUT2D eigenvalue weighted by atomic mass is 10.0. The number of hydrogen-bond acceptors (Lipinski definition) is 3. The smallest absolute Gasteiger partial charge is 0.0930 e. The van der Waals surface area contributed by atoms with Gasteiger partial charge < -0.3 is 15.2 Å². The van der Waals surface area contributed by atoms with Crippen molar-refractivity contribution in [2.75, 3.05) is 19.8 Å². The lowest BCUT2D eigenvalue weighted by Crippen LogP contribution is -2.48. The van der Waals surface area contributed by atoms with Gasteiger partial charge in [-0.1, -0.05) is 13.8 Å². The van der Waals surface area contributed by atoms with Crippen LogP contribution in [0.3, 0.4) is 0 Å². The van der Waals surface area contributed by atoms with Crippen molar-refractivity contribution in [3.63, 3.8) is 0 Å². The van der Waals surface area contributed by atoms with Crippen molar-refractivity contribution in [3.8, 4) is 0 Å². The van der Waals surface area contributed by atoms with Crippen LogP contribution in [-0.2, 0) is 4.74 Å². The Morgan fingerprint density at radius 1 is 1.58 bits per heavy atom. The summed E-state index contributed by atoms with van der Waals surface area (Å²) in [6, 6.07) is 0.479. The summed E-state index contributed by atoms with van der Waals surface area (Å²) in [6.07, 6.45) is 1.16. The summed E-state index contributed by atoms with van der Waals surface area (Å²) < 4.78 is 5.43. The molecule has 3 heteroatoms. The fourth-order valence-corrected chi connectivity index (χ4v) is 1.51. The summed E-state index contributed by atoms with van der Waals surface area (Å²) in [5, 5.41) is 12.2. The monoisotopic (exact) mass is 173 g/mol. The largest absolute Gasteiger partial charge is 0.394 e. The fraction of sp³-hybridized carbons (Fsp3) is 1.00. The normalized spacial score (nSPS) is 31.0. The molecule has 0 aromatic heterocycles. The van der Waals surface area contributed by atoms with Gasteiger partial charge in [0.25, 0.3) is 0 Å². The van der Waals surface area contributed by atoms with Crippen LogP contribution in [0.25, 0.3) is 0 Å². The van der Waals surface area contributed by atoms with E-state index in [-0.39, 0.29) is 12.7 Å². The van der Waals surface area contributed by atoms with Crippen molar-refractivity contribution >= 4 is 0 Å². The predicted molar refractivity (Wildman–Crippen MR) is 48.1 cm³/mol. The SMILES string of the molecule is CC(C)CC1COC(CO)CN1. The van der Waals surface area contributed by atoms with Crippen molar-refractivity contribution in [3.05, 3.63) is 0 Å². The molecule has 1 heterocycles. The lowest BCUT2D eigenvalue weighted by molar-refractivity contribution is -0.0284. The highest BCUT2D eigenvalue weighted by atomic mass is 16.5. The molecule has 0 radical (unpaired) electrons. The minimum atomic E-state index is 0.00779. The second-order valence-corrected chi connectivity index (χ2v) is 3.87. The van der Waals surface area contributed by atoms with E-state index >= 15 is 0 Å². The van der Waals surface area contributed by atoms with Crippen molar-refractivity contribution < 1.29 is 9.84 Å². The standard InChI is InChI=1S/C9H19NO2/c1-7(2)3-8-6-12-9(5-11)4-10-8/h7-11H,3-6H2,1-2H3. The molecule has 1 aliphatic heterocycles. The number of morpholine rings is 1. The van der Waals surface area contributed by atoms with Crippen LogP contribution in [0.15, 0.2) is 0 Å². The Balaban J connectivity index is 2.17. The van der Waals surface area contributed by atoms with E-state index in [1.165, 1.54) is 0 Å². The molecule has 0 aliphatic carbocycles. The van der Waals surface area contributed by atoms with Gasteiger partial charge in [-0.15, -0.1) is 0 Å². The number of aliphatic hydroxyl groups excluding tert-OH is 1. The summed E-state index contributed by atoms with van der Waals surface area (Å²) in [7, 11) is 0. The van der Waals surface area contributed by atoms with Gasteiger partial charge in [0.1, 0.15) is 0 Å². The molecule has 1 rings (SSSR count). The second kappa shape index (κ2) is 4.80. The third-order valence-electron chi connectivity index (χ3n) is 2.13. The molecular weight excluding hydrogens is 154 g/mol. The molecule has 1 saturated heterocycles. The van der Waals surface area contributed by atoms with Gasteiger partial charge in [0, 0.05) is 12.6 Å². The van der Waals surface area contributed by atoms with E-state index in [0.29, 0.717) is 12.0 Å². The number of rotatable bonds is 3. The molecule has 2 atom stereocenters. The second-order valence-electron chi connectivity index (χ2n) is 3.87. The van der Waals surface area contributed by atoms with Crippen LogP contribution in [0.4, 0.5) is 0 Å². The number of aliphatic hydroxyl groups is 1. The van der Waals surface area contributed by atoms with E-state index in [4.69, 9.17) is 9.84 Å². The Morgan fingerprint density at radius 2 is 2.33 bits per heavy atom.